The van der Waals surface area contributed by atoms with Crippen LogP contribution >= 0.6 is 11.6 Å². The van der Waals surface area contributed by atoms with Gasteiger partial charge in [0.1, 0.15) is 17.6 Å². The van der Waals surface area contributed by atoms with Gasteiger partial charge in [0, 0.05) is 11.6 Å². The normalized spacial score (nSPS) is 12.3. The minimum Gasteiger partial charge on any atom is -0.468 e. The van der Waals surface area contributed by atoms with Crippen molar-refractivity contribution in [2.75, 3.05) is 6.54 Å². The zero-order valence-electron chi connectivity index (χ0n) is 14.7. The van der Waals surface area contributed by atoms with Crippen LogP contribution in [0.15, 0.2) is 82.3 Å². The Morgan fingerprint density at radius 3 is 2.39 bits per heavy atom. The second-order valence-electron chi connectivity index (χ2n) is 5.95. The smallest absolute Gasteiger partial charge is 0.407 e. The van der Waals surface area contributed by atoms with E-state index in [4.69, 9.17) is 20.8 Å². The van der Waals surface area contributed by atoms with Gasteiger partial charge < -0.3 is 14.5 Å². The summed E-state index contributed by atoms with van der Waals surface area (Å²) >= 11 is 5.84. The van der Waals surface area contributed by atoms with Gasteiger partial charge in [0.2, 0.25) is 0 Å². The van der Waals surface area contributed by atoms with E-state index in [0.29, 0.717) is 5.02 Å². The highest BCUT2D eigenvalue weighted by Crippen LogP contribution is 2.29. The number of benzene rings is 2. The first-order valence-electron chi connectivity index (χ1n) is 8.44. The molecule has 3 aromatic rings. The van der Waals surface area contributed by atoms with E-state index < -0.39 is 21.2 Å². The molecule has 0 unspecified atom stereocenters. The van der Waals surface area contributed by atoms with E-state index in [0.717, 1.165) is 5.56 Å². The summed E-state index contributed by atoms with van der Waals surface area (Å²) in [5, 5.41) is 1.83. The lowest BCUT2D eigenvalue weighted by molar-refractivity contribution is 0.139. The molecule has 1 atom stereocenters. The van der Waals surface area contributed by atoms with Crippen LogP contribution < -0.4 is 5.32 Å². The van der Waals surface area contributed by atoms with Gasteiger partial charge in [-0.05, 0) is 42.0 Å². The highest BCUT2D eigenvalue weighted by Gasteiger charge is 2.32. The molecule has 0 spiro atoms. The summed E-state index contributed by atoms with van der Waals surface area (Å²) in [4.78, 5) is 12.1. The summed E-state index contributed by atoms with van der Waals surface area (Å²) in [7, 11) is -3.83. The van der Waals surface area contributed by atoms with Crippen LogP contribution in [0.25, 0.3) is 0 Å². The number of sulfone groups is 1. The first kappa shape index (κ1) is 20.0. The molecule has 6 nitrogen and oxygen atoms in total. The Labute approximate surface area is 168 Å². The minimum atomic E-state index is -3.83. The van der Waals surface area contributed by atoms with Crippen molar-refractivity contribution in [3.05, 3.63) is 89.3 Å². The molecule has 0 aliphatic carbocycles. The van der Waals surface area contributed by atoms with Crippen LogP contribution in [0.5, 0.6) is 0 Å². The average Bonchev–Trinajstić information content (AvgIpc) is 3.22. The third-order valence-corrected chi connectivity index (χ3v) is 6.35. The maximum atomic E-state index is 13.0. The van der Waals surface area contributed by atoms with Crippen molar-refractivity contribution in [3.63, 3.8) is 0 Å². The van der Waals surface area contributed by atoms with Crippen molar-refractivity contribution in [3.8, 4) is 0 Å². The second-order valence-corrected chi connectivity index (χ2v) is 8.51. The van der Waals surface area contributed by atoms with Gasteiger partial charge in [0.05, 0.1) is 11.2 Å². The number of hydrogen-bond acceptors (Lipinski definition) is 5. The number of carbonyl (C=O) groups excluding carboxylic acids is 1. The number of carbonyl (C=O) groups is 1. The number of nitrogens with one attached hydrogen (secondary N) is 1. The molecule has 8 heteroatoms. The van der Waals surface area contributed by atoms with Crippen molar-refractivity contribution < 1.29 is 22.4 Å². The van der Waals surface area contributed by atoms with Gasteiger partial charge in [-0.15, -0.1) is 0 Å². The molecule has 1 aromatic heterocycles. The summed E-state index contributed by atoms with van der Waals surface area (Å²) in [6.07, 6.45) is 0.666. The molecule has 28 heavy (non-hydrogen) atoms. The van der Waals surface area contributed by atoms with Crippen LogP contribution in [0, 0.1) is 0 Å². The zero-order valence-corrected chi connectivity index (χ0v) is 16.3. The molecule has 0 aliphatic rings. The quantitative estimate of drug-likeness (QED) is 0.614. The van der Waals surface area contributed by atoms with Gasteiger partial charge in [0.15, 0.2) is 9.84 Å². The predicted molar refractivity (Wildman–Crippen MR) is 105 cm³/mol. The lowest BCUT2D eigenvalue weighted by Gasteiger charge is -2.16. The van der Waals surface area contributed by atoms with Crippen molar-refractivity contribution in [2.24, 2.45) is 0 Å². The fraction of sp³-hybridized carbons (Fsp3) is 0.150. The van der Waals surface area contributed by atoms with E-state index in [2.05, 4.69) is 5.32 Å². The van der Waals surface area contributed by atoms with Gasteiger partial charge in [-0.1, -0.05) is 41.9 Å². The maximum Gasteiger partial charge on any atom is 0.407 e. The number of alkyl carbamates (subject to hydrolysis) is 1. The van der Waals surface area contributed by atoms with E-state index >= 15 is 0 Å². The predicted octanol–water partition coefficient (Wildman–Crippen LogP) is 4.37. The lowest BCUT2D eigenvalue weighted by atomic mass is 10.2. The Balaban J connectivity index is 1.71. The van der Waals surface area contributed by atoms with Crippen molar-refractivity contribution in [1.82, 2.24) is 5.32 Å². The van der Waals surface area contributed by atoms with Gasteiger partial charge in [-0.25, -0.2) is 13.2 Å². The topological polar surface area (TPSA) is 85.6 Å². The van der Waals surface area contributed by atoms with Crippen LogP contribution in [0.1, 0.15) is 16.6 Å². The molecule has 0 bridgehead atoms. The van der Waals surface area contributed by atoms with Gasteiger partial charge in [-0.2, -0.15) is 0 Å². The average molecular weight is 420 g/mol. The van der Waals surface area contributed by atoms with Crippen molar-refractivity contribution >= 4 is 27.5 Å². The summed E-state index contributed by atoms with van der Waals surface area (Å²) in [6, 6.07) is 18.1. The van der Waals surface area contributed by atoms with E-state index in [1.54, 1.807) is 12.1 Å². The minimum absolute atomic E-state index is 0.0813. The fourth-order valence-corrected chi connectivity index (χ4v) is 4.29. The first-order valence-corrected chi connectivity index (χ1v) is 10.4. The number of furan rings is 1. The molecule has 0 fully saturated rings. The second kappa shape index (κ2) is 8.95. The van der Waals surface area contributed by atoms with Crippen LogP contribution in [0.3, 0.4) is 0 Å². The fourth-order valence-electron chi connectivity index (χ4n) is 2.58. The lowest BCUT2D eigenvalue weighted by Crippen LogP contribution is -2.32. The number of hydrogen-bond donors (Lipinski definition) is 1. The summed E-state index contributed by atoms with van der Waals surface area (Å²) in [5.41, 5.74) is 0.828. The third-order valence-electron chi connectivity index (χ3n) is 4.02. The molecule has 1 heterocycles. The molecular formula is C20H18ClNO5S. The number of ether oxygens (including phenoxy) is 1. The van der Waals surface area contributed by atoms with Crippen molar-refractivity contribution in [1.29, 1.82) is 0 Å². The van der Waals surface area contributed by atoms with E-state index in [-0.39, 0.29) is 23.8 Å². The largest absolute Gasteiger partial charge is 0.468 e. The van der Waals surface area contributed by atoms with E-state index in [9.17, 15) is 13.2 Å². The van der Waals surface area contributed by atoms with Crippen LogP contribution in [0.2, 0.25) is 5.02 Å². The standard InChI is InChI=1S/C20H18ClNO5S/c21-16-8-10-17(11-9-16)28(24,25)19(18-7-4-12-26-18)13-22-20(23)27-14-15-5-2-1-3-6-15/h1-12,19H,13-14H2,(H,22,23)/t19-/m1/s1. The van der Waals surface area contributed by atoms with Gasteiger partial charge in [-0.3, -0.25) is 0 Å². The monoisotopic (exact) mass is 419 g/mol. The molecule has 146 valence electrons. The Morgan fingerprint density at radius 2 is 1.75 bits per heavy atom. The molecule has 1 amide bonds. The van der Waals surface area contributed by atoms with E-state index in [1.165, 1.54) is 30.5 Å². The van der Waals surface area contributed by atoms with Gasteiger partial charge in [0.25, 0.3) is 0 Å². The summed E-state index contributed by atoms with van der Waals surface area (Å²) in [6.45, 7) is -0.117. The summed E-state index contributed by atoms with van der Waals surface area (Å²) in [5.74, 6) is 0.221. The molecule has 3 rings (SSSR count). The Bertz CT molecular complexity index is 1000. The summed E-state index contributed by atoms with van der Waals surface area (Å²) < 4.78 is 36.5. The van der Waals surface area contributed by atoms with E-state index in [1.807, 2.05) is 30.3 Å². The van der Waals surface area contributed by atoms with Crippen LogP contribution in [-0.4, -0.2) is 21.1 Å². The maximum absolute atomic E-state index is 13.0. The molecule has 0 saturated carbocycles. The Kier molecular flexibility index (Phi) is 6.38. The van der Waals surface area contributed by atoms with Crippen molar-refractivity contribution in [2.45, 2.75) is 16.8 Å². The molecule has 0 saturated heterocycles. The van der Waals surface area contributed by atoms with Gasteiger partial charge >= 0.3 is 6.09 Å². The molecule has 2 aromatic carbocycles. The Hall–Kier alpha value is -2.77. The number of halogens is 1. The highest BCUT2D eigenvalue weighted by atomic mass is 35.5. The molecule has 1 N–H and O–H groups in total. The zero-order chi connectivity index (χ0) is 20.0. The SMILES string of the molecule is O=C(NC[C@H](c1ccco1)S(=O)(=O)c1ccc(Cl)cc1)OCc1ccccc1. The number of amides is 1. The molecular weight excluding hydrogens is 402 g/mol. The van der Waals surface area contributed by atoms with Crippen LogP contribution in [0.4, 0.5) is 4.79 Å². The third kappa shape index (κ3) is 4.94. The first-order chi connectivity index (χ1) is 13.5. The number of rotatable bonds is 7. The molecule has 0 radical (unpaired) electrons. The Morgan fingerprint density at radius 1 is 1.04 bits per heavy atom. The highest BCUT2D eigenvalue weighted by molar-refractivity contribution is 7.91. The van der Waals surface area contributed by atoms with Crippen LogP contribution in [-0.2, 0) is 21.2 Å². The molecule has 0 aliphatic heterocycles.